The monoisotopic (exact) mass is 339 g/mol. The molecule has 3 rings (SSSR count). The summed E-state index contributed by atoms with van der Waals surface area (Å²) in [6.45, 7) is 6.11. The Bertz CT molecular complexity index is 839. The van der Waals surface area contributed by atoms with E-state index in [-0.39, 0.29) is 11.2 Å². The molecule has 5 heteroatoms. The summed E-state index contributed by atoms with van der Waals surface area (Å²) in [6.07, 6.45) is 0. The van der Waals surface area contributed by atoms with Crippen molar-refractivity contribution in [2.24, 2.45) is 0 Å². The Labute approximate surface area is 146 Å². The number of aromatic amines is 1. The Balaban J connectivity index is 1.59. The molecule has 0 aliphatic heterocycles. The van der Waals surface area contributed by atoms with Crippen LogP contribution < -0.4 is 5.32 Å². The van der Waals surface area contributed by atoms with Crippen molar-refractivity contribution in [2.75, 3.05) is 11.1 Å². The van der Waals surface area contributed by atoms with Gasteiger partial charge in [0, 0.05) is 5.69 Å². The zero-order valence-corrected chi connectivity index (χ0v) is 14.9. The summed E-state index contributed by atoms with van der Waals surface area (Å²) in [5.41, 5.74) is 5.14. The molecule has 4 nitrogen and oxygen atoms in total. The summed E-state index contributed by atoms with van der Waals surface area (Å²) in [4.78, 5) is 20.1. The normalized spacial score (nSPS) is 12.3. The van der Waals surface area contributed by atoms with E-state index in [1.54, 1.807) is 11.8 Å². The first-order valence-electron chi connectivity index (χ1n) is 7.96. The first-order valence-corrected chi connectivity index (χ1v) is 9.01. The number of aryl methyl sites for hydroxylation is 2. The van der Waals surface area contributed by atoms with Crippen LogP contribution in [0.4, 0.5) is 5.69 Å². The molecule has 0 saturated carbocycles. The SMILES string of the molecule is Cc1ccc(NC(=O)CS[C@H](C)c2nc3ccccc3[nH]2)c(C)c1. The van der Waals surface area contributed by atoms with Crippen molar-refractivity contribution in [1.82, 2.24) is 9.97 Å². The van der Waals surface area contributed by atoms with Gasteiger partial charge in [0.15, 0.2) is 0 Å². The third kappa shape index (κ3) is 3.79. The number of carbonyl (C=O) groups is 1. The lowest BCUT2D eigenvalue weighted by atomic mass is 10.1. The number of hydrogen-bond donors (Lipinski definition) is 2. The number of imidazole rings is 1. The molecule has 0 spiro atoms. The first-order chi connectivity index (χ1) is 11.5. The number of benzene rings is 2. The summed E-state index contributed by atoms with van der Waals surface area (Å²) < 4.78 is 0. The fourth-order valence-electron chi connectivity index (χ4n) is 2.58. The van der Waals surface area contributed by atoms with Crippen LogP contribution >= 0.6 is 11.8 Å². The summed E-state index contributed by atoms with van der Waals surface area (Å²) in [5, 5.41) is 3.11. The van der Waals surface area contributed by atoms with Crippen molar-refractivity contribution in [3.63, 3.8) is 0 Å². The van der Waals surface area contributed by atoms with Crippen LogP contribution in [0, 0.1) is 13.8 Å². The molecular weight excluding hydrogens is 318 g/mol. The molecule has 2 N–H and O–H groups in total. The molecule has 0 aliphatic rings. The van der Waals surface area contributed by atoms with Gasteiger partial charge in [-0.2, -0.15) is 0 Å². The number of aromatic nitrogens is 2. The van der Waals surface area contributed by atoms with E-state index in [4.69, 9.17) is 0 Å². The molecule has 24 heavy (non-hydrogen) atoms. The van der Waals surface area contributed by atoms with E-state index in [1.807, 2.05) is 50.2 Å². The quantitative estimate of drug-likeness (QED) is 0.713. The molecule has 1 amide bonds. The minimum atomic E-state index is 0.00918. The maximum absolute atomic E-state index is 12.2. The maximum Gasteiger partial charge on any atom is 0.234 e. The molecule has 1 heterocycles. The zero-order valence-electron chi connectivity index (χ0n) is 14.1. The van der Waals surface area contributed by atoms with Gasteiger partial charge in [0.05, 0.1) is 22.0 Å². The first kappa shape index (κ1) is 16.6. The molecule has 124 valence electrons. The fraction of sp³-hybridized carbons (Fsp3) is 0.263. The number of anilines is 1. The van der Waals surface area contributed by atoms with E-state index in [9.17, 15) is 4.79 Å². The Hall–Kier alpha value is -2.27. The van der Waals surface area contributed by atoms with Crippen LogP contribution in [0.15, 0.2) is 42.5 Å². The molecule has 0 unspecified atom stereocenters. The topological polar surface area (TPSA) is 57.8 Å². The largest absolute Gasteiger partial charge is 0.341 e. The van der Waals surface area contributed by atoms with Crippen LogP contribution in [0.2, 0.25) is 0 Å². The third-order valence-electron chi connectivity index (χ3n) is 3.91. The minimum absolute atomic E-state index is 0.00918. The molecule has 1 atom stereocenters. The number of fused-ring (bicyclic) bond motifs is 1. The lowest BCUT2D eigenvalue weighted by Gasteiger charge is -2.11. The van der Waals surface area contributed by atoms with Gasteiger partial charge in [0.25, 0.3) is 0 Å². The van der Waals surface area contributed by atoms with Crippen molar-refractivity contribution >= 4 is 34.4 Å². The van der Waals surface area contributed by atoms with E-state index in [0.717, 1.165) is 28.1 Å². The van der Waals surface area contributed by atoms with Gasteiger partial charge in [0.2, 0.25) is 5.91 Å². The standard InChI is InChI=1S/C19H21N3OS/c1-12-8-9-15(13(2)10-12)20-18(23)11-24-14(3)19-21-16-6-4-5-7-17(16)22-19/h4-10,14H,11H2,1-3H3,(H,20,23)(H,21,22)/t14-/m1/s1. The van der Waals surface area contributed by atoms with Crippen LogP contribution in [0.25, 0.3) is 11.0 Å². The van der Waals surface area contributed by atoms with Crippen LogP contribution in [0.3, 0.4) is 0 Å². The van der Waals surface area contributed by atoms with Gasteiger partial charge in [-0.15, -0.1) is 11.8 Å². The van der Waals surface area contributed by atoms with Gasteiger partial charge in [-0.25, -0.2) is 4.98 Å². The molecule has 0 saturated heterocycles. The van der Waals surface area contributed by atoms with Crippen molar-refractivity contribution in [1.29, 1.82) is 0 Å². The van der Waals surface area contributed by atoms with E-state index in [2.05, 4.69) is 28.3 Å². The summed E-state index contributed by atoms with van der Waals surface area (Å²) >= 11 is 1.58. The second-order valence-corrected chi connectivity index (χ2v) is 7.29. The second kappa shape index (κ2) is 7.09. The van der Waals surface area contributed by atoms with E-state index in [0.29, 0.717) is 5.75 Å². The van der Waals surface area contributed by atoms with E-state index in [1.165, 1.54) is 5.56 Å². The van der Waals surface area contributed by atoms with E-state index < -0.39 is 0 Å². The number of nitrogens with zero attached hydrogens (tertiary/aromatic N) is 1. The molecular formula is C19H21N3OS. The second-order valence-electron chi connectivity index (χ2n) is 5.96. The summed E-state index contributed by atoms with van der Waals surface area (Å²) in [6, 6.07) is 14.0. The van der Waals surface area contributed by atoms with Gasteiger partial charge in [0.1, 0.15) is 5.82 Å². The smallest absolute Gasteiger partial charge is 0.234 e. The molecule has 0 fully saturated rings. The summed E-state index contributed by atoms with van der Waals surface area (Å²) in [7, 11) is 0. The number of carbonyl (C=O) groups excluding carboxylic acids is 1. The van der Waals surface area contributed by atoms with Gasteiger partial charge in [-0.1, -0.05) is 29.8 Å². The predicted octanol–water partition coefficient (Wildman–Crippen LogP) is 4.61. The molecule has 0 aliphatic carbocycles. The third-order valence-corrected chi connectivity index (χ3v) is 5.07. The average molecular weight is 339 g/mol. The molecule has 0 bridgehead atoms. The molecule has 0 radical (unpaired) electrons. The highest BCUT2D eigenvalue weighted by molar-refractivity contribution is 8.00. The number of thioether (sulfide) groups is 1. The van der Waals surface area contributed by atoms with Crippen molar-refractivity contribution in [2.45, 2.75) is 26.0 Å². The molecule has 2 aromatic carbocycles. The van der Waals surface area contributed by atoms with Crippen LogP contribution in [0.5, 0.6) is 0 Å². The zero-order chi connectivity index (χ0) is 17.1. The average Bonchev–Trinajstić information content (AvgIpc) is 2.99. The number of amides is 1. The van der Waals surface area contributed by atoms with Crippen molar-refractivity contribution < 1.29 is 4.79 Å². The van der Waals surface area contributed by atoms with Gasteiger partial charge in [-0.3, -0.25) is 4.79 Å². The van der Waals surface area contributed by atoms with Crippen molar-refractivity contribution in [3.8, 4) is 0 Å². The maximum atomic E-state index is 12.2. The Morgan fingerprint density at radius 1 is 1.25 bits per heavy atom. The lowest BCUT2D eigenvalue weighted by molar-refractivity contribution is -0.113. The lowest BCUT2D eigenvalue weighted by Crippen LogP contribution is -2.15. The highest BCUT2D eigenvalue weighted by Gasteiger charge is 2.13. The van der Waals surface area contributed by atoms with Gasteiger partial charge in [-0.05, 0) is 44.5 Å². The number of H-pyrrole nitrogens is 1. The molecule has 1 aromatic heterocycles. The summed E-state index contributed by atoms with van der Waals surface area (Å²) in [5.74, 6) is 1.31. The van der Waals surface area contributed by atoms with Crippen LogP contribution in [-0.2, 0) is 4.79 Å². The Kier molecular flexibility index (Phi) is 4.90. The number of nitrogens with one attached hydrogen (secondary N) is 2. The number of rotatable bonds is 5. The fourth-order valence-corrected chi connectivity index (χ4v) is 3.33. The number of para-hydroxylation sites is 2. The van der Waals surface area contributed by atoms with E-state index >= 15 is 0 Å². The Morgan fingerprint density at radius 3 is 2.79 bits per heavy atom. The van der Waals surface area contributed by atoms with Crippen LogP contribution in [-0.4, -0.2) is 21.6 Å². The van der Waals surface area contributed by atoms with Gasteiger partial charge >= 0.3 is 0 Å². The minimum Gasteiger partial charge on any atom is -0.341 e. The Morgan fingerprint density at radius 2 is 2.04 bits per heavy atom. The number of hydrogen-bond acceptors (Lipinski definition) is 3. The highest BCUT2D eigenvalue weighted by Crippen LogP contribution is 2.28. The highest BCUT2D eigenvalue weighted by atomic mass is 32.2. The predicted molar refractivity (Wildman–Crippen MR) is 102 cm³/mol. The van der Waals surface area contributed by atoms with Crippen molar-refractivity contribution in [3.05, 3.63) is 59.4 Å². The van der Waals surface area contributed by atoms with Crippen LogP contribution in [0.1, 0.15) is 29.1 Å². The molecule has 3 aromatic rings. The van der Waals surface area contributed by atoms with Gasteiger partial charge < -0.3 is 10.3 Å².